The molecule has 3 aromatic rings. The number of hydrogen-bond donors (Lipinski definition) is 1. The summed E-state index contributed by atoms with van der Waals surface area (Å²) in [6.07, 6.45) is 1.60. The number of aromatic nitrogens is 3. The lowest BCUT2D eigenvalue weighted by atomic mass is 10.1. The van der Waals surface area contributed by atoms with Gasteiger partial charge in [-0.3, -0.25) is 4.68 Å². The summed E-state index contributed by atoms with van der Waals surface area (Å²) in [5, 5.41) is 4.45. The first-order chi connectivity index (χ1) is 8.74. The smallest absolute Gasteiger partial charge is 0.292 e. The maximum absolute atomic E-state index is 5.48. The molecule has 0 saturated heterocycles. The Kier molecular flexibility index (Phi) is 2.37. The third-order valence-electron chi connectivity index (χ3n) is 2.73. The molecule has 0 aliphatic rings. The van der Waals surface area contributed by atoms with Crippen molar-refractivity contribution in [2.45, 2.75) is 0 Å². The molecule has 0 aliphatic heterocycles. The zero-order chi connectivity index (χ0) is 12.5. The molecule has 3 rings (SSSR count). The van der Waals surface area contributed by atoms with Crippen molar-refractivity contribution in [3.8, 4) is 22.7 Å². The summed E-state index contributed by atoms with van der Waals surface area (Å²) in [5.41, 5.74) is 8.28. The number of nitrogen functional groups attached to an aromatic ring is 1. The first-order valence-corrected chi connectivity index (χ1v) is 5.55. The van der Waals surface area contributed by atoms with E-state index in [9.17, 15) is 0 Å². The molecular formula is C13H12N4O. The summed E-state index contributed by atoms with van der Waals surface area (Å²) < 4.78 is 7.06. The summed E-state index contributed by atoms with van der Waals surface area (Å²) in [6.45, 7) is 0. The molecule has 2 heterocycles. The minimum atomic E-state index is 0.160. The van der Waals surface area contributed by atoms with Crippen molar-refractivity contribution in [2.24, 2.45) is 7.05 Å². The number of rotatable bonds is 2. The molecule has 2 N–H and O–H groups in total. The molecule has 2 aromatic heterocycles. The van der Waals surface area contributed by atoms with E-state index in [-0.39, 0.29) is 6.01 Å². The van der Waals surface area contributed by atoms with Gasteiger partial charge in [0.1, 0.15) is 5.69 Å². The van der Waals surface area contributed by atoms with Gasteiger partial charge in [-0.15, -0.1) is 0 Å². The molecular weight excluding hydrogens is 228 g/mol. The van der Waals surface area contributed by atoms with Crippen LogP contribution in [0.5, 0.6) is 0 Å². The highest BCUT2D eigenvalue weighted by molar-refractivity contribution is 5.66. The van der Waals surface area contributed by atoms with Gasteiger partial charge in [0.25, 0.3) is 6.01 Å². The molecule has 90 valence electrons. The Bertz CT molecular complexity index is 669. The highest BCUT2D eigenvalue weighted by Crippen LogP contribution is 2.26. The zero-order valence-electron chi connectivity index (χ0n) is 9.87. The van der Waals surface area contributed by atoms with Crippen LogP contribution in [0.3, 0.4) is 0 Å². The van der Waals surface area contributed by atoms with Gasteiger partial charge in [0.15, 0.2) is 5.76 Å². The van der Waals surface area contributed by atoms with Gasteiger partial charge in [0.05, 0.1) is 11.9 Å². The predicted octanol–water partition coefficient (Wildman–Crippen LogP) is 2.32. The van der Waals surface area contributed by atoms with Gasteiger partial charge in [0.2, 0.25) is 0 Å². The van der Waals surface area contributed by atoms with Crippen LogP contribution in [0.4, 0.5) is 6.01 Å². The van der Waals surface area contributed by atoms with Gasteiger partial charge in [-0.05, 0) is 6.07 Å². The Labute approximate surface area is 104 Å². The maximum Gasteiger partial charge on any atom is 0.292 e. The lowest BCUT2D eigenvalue weighted by Gasteiger charge is -1.94. The van der Waals surface area contributed by atoms with E-state index in [2.05, 4.69) is 10.1 Å². The summed E-state index contributed by atoms with van der Waals surface area (Å²) in [5.74, 6) is 0.615. The SMILES string of the molecule is Cn1nc(-c2ccccc2)cc1-c1cnc(N)o1. The molecule has 0 atom stereocenters. The van der Waals surface area contributed by atoms with Crippen molar-refractivity contribution in [3.63, 3.8) is 0 Å². The highest BCUT2D eigenvalue weighted by Gasteiger charge is 2.12. The van der Waals surface area contributed by atoms with Crippen LogP contribution in [0.25, 0.3) is 22.7 Å². The fraction of sp³-hybridized carbons (Fsp3) is 0.0769. The van der Waals surface area contributed by atoms with E-state index < -0.39 is 0 Å². The first kappa shape index (κ1) is 10.6. The molecule has 0 unspecified atom stereocenters. The predicted molar refractivity (Wildman–Crippen MR) is 68.6 cm³/mol. The van der Waals surface area contributed by atoms with Crippen LogP contribution in [0.1, 0.15) is 0 Å². The van der Waals surface area contributed by atoms with Gasteiger partial charge < -0.3 is 10.2 Å². The Morgan fingerprint density at radius 3 is 2.67 bits per heavy atom. The van der Waals surface area contributed by atoms with E-state index in [1.807, 2.05) is 43.4 Å². The minimum absolute atomic E-state index is 0.160. The first-order valence-electron chi connectivity index (χ1n) is 5.55. The van der Waals surface area contributed by atoms with Crippen LogP contribution >= 0.6 is 0 Å². The number of hydrogen-bond acceptors (Lipinski definition) is 4. The molecule has 0 radical (unpaired) electrons. The molecule has 0 bridgehead atoms. The van der Waals surface area contributed by atoms with Gasteiger partial charge in [0, 0.05) is 12.6 Å². The average molecular weight is 240 g/mol. The fourth-order valence-corrected chi connectivity index (χ4v) is 1.85. The van der Waals surface area contributed by atoms with Crippen LogP contribution in [-0.4, -0.2) is 14.8 Å². The van der Waals surface area contributed by atoms with Crippen LogP contribution in [0.15, 0.2) is 47.0 Å². The Morgan fingerprint density at radius 2 is 2.00 bits per heavy atom. The van der Waals surface area contributed by atoms with Gasteiger partial charge in [-0.1, -0.05) is 30.3 Å². The highest BCUT2D eigenvalue weighted by atomic mass is 16.4. The summed E-state index contributed by atoms with van der Waals surface area (Å²) >= 11 is 0. The number of oxazole rings is 1. The second-order valence-electron chi connectivity index (χ2n) is 3.97. The molecule has 1 aromatic carbocycles. The monoisotopic (exact) mass is 240 g/mol. The van der Waals surface area contributed by atoms with Gasteiger partial charge in [-0.2, -0.15) is 5.10 Å². The Balaban J connectivity index is 2.06. The molecule has 0 aliphatic carbocycles. The molecule has 0 amide bonds. The van der Waals surface area contributed by atoms with E-state index in [4.69, 9.17) is 10.2 Å². The van der Waals surface area contributed by atoms with Crippen molar-refractivity contribution in [2.75, 3.05) is 5.73 Å². The number of nitrogens with two attached hydrogens (primary N) is 1. The molecule has 18 heavy (non-hydrogen) atoms. The molecule has 0 spiro atoms. The number of benzene rings is 1. The zero-order valence-corrected chi connectivity index (χ0v) is 9.87. The number of anilines is 1. The largest absolute Gasteiger partial charge is 0.422 e. The maximum atomic E-state index is 5.48. The second-order valence-corrected chi connectivity index (χ2v) is 3.97. The van der Waals surface area contributed by atoms with E-state index in [0.717, 1.165) is 17.0 Å². The molecule has 0 saturated carbocycles. The second kappa shape index (κ2) is 4.03. The van der Waals surface area contributed by atoms with Crippen molar-refractivity contribution < 1.29 is 4.42 Å². The average Bonchev–Trinajstić information content (AvgIpc) is 2.97. The van der Waals surface area contributed by atoms with Crippen molar-refractivity contribution >= 4 is 6.01 Å². The van der Waals surface area contributed by atoms with Crippen LogP contribution in [0.2, 0.25) is 0 Å². The quantitative estimate of drug-likeness (QED) is 0.746. The third kappa shape index (κ3) is 1.75. The van der Waals surface area contributed by atoms with Crippen molar-refractivity contribution in [1.82, 2.24) is 14.8 Å². The molecule has 5 nitrogen and oxygen atoms in total. The van der Waals surface area contributed by atoms with E-state index in [0.29, 0.717) is 5.76 Å². The van der Waals surface area contributed by atoms with Gasteiger partial charge >= 0.3 is 0 Å². The number of nitrogens with zero attached hydrogens (tertiary/aromatic N) is 3. The summed E-state index contributed by atoms with van der Waals surface area (Å²) in [7, 11) is 1.86. The Hall–Kier alpha value is -2.56. The Morgan fingerprint density at radius 1 is 1.22 bits per heavy atom. The fourth-order valence-electron chi connectivity index (χ4n) is 1.85. The van der Waals surface area contributed by atoms with Crippen LogP contribution in [0, 0.1) is 0 Å². The van der Waals surface area contributed by atoms with Crippen LogP contribution < -0.4 is 5.73 Å². The molecule has 5 heteroatoms. The summed E-state index contributed by atoms with van der Waals surface area (Å²) in [6, 6.07) is 12.1. The topological polar surface area (TPSA) is 69.9 Å². The normalized spacial score (nSPS) is 10.7. The van der Waals surface area contributed by atoms with E-state index in [1.165, 1.54) is 0 Å². The lowest BCUT2D eigenvalue weighted by molar-refractivity contribution is 0.585. The lowest BCUT2D eigenvalue weighted by Crippen LogP contribution is -1.92. The van der Waals surface area contributed by atoms with E-state index >= 15 is 0 Å². The van der Waals surface area contributed by atoms with Gasteiger partial charge in [-0.25, -0.2) is 4.98 Å². The van der Waals surface area contributed by atoms with Crippen molar-refractivity contribution in [1.29, 1.82) is 0 Å². The summed E-state index contributed by atoms with van der Waals surface area (Å²) in [4.78, 5) is 3.89. The van der Waals surface area contributed by atoms with Crippen molar-refractivity contribution in [3.05, 3.63) is 42.6 Å². The van der Waals surface area contributed by atoms with Crippen LogP contribution in [-0.2, 0) is 7.05 Å². The van der Waals surface area contributed by atoms with E-state index in [1.54, 1.807) is 10.9 Å². The number of aryl methyl sites for hydroxylation is 1. The minimum Gasteiger partial charge on any atom is -0.422 e. The molecule has 0 fully saturated rings. The standard InChI is InChI=1S/C13H12N4O/c1-17-11(12-8-15-13(14)18-12)7-10(16-17)9-5-3-2-4-6-9/h2-8H,1H3,(H2,14,15). The third-order valence-corrected chi connectivity index (χ3v) is 2.73.